The summed E-state index contributed by atoms with van der Waals surface area (Å²) in [5, 5.41) is 11.5. The molecule has 0 radical (unpaired) electrons. The molecule has 4 aromatic rings. The molecule has 35 heavy (non-hydrogen) atoms. The van der Waals surface area contributed by atoms with Crippen molar-refractivity contribution in [2.75, 3.05) is 26.2 Å². The van der Waals surface area contributed by atoms with E-state index in [0.717, 1.165) is 0 Å². The topological polar surface area (TPSA) is 112 Å². The van der Waals surface area contributed by atoms with Crippen LogP contribution in [0.15, 0.2) is 81.0 Å². The average Bonchev–Trinajstić information content (AvgIpc) is 3.62. The first-order valence-electron chi connectivity index (χ1n) is 10.6. The van der Waals surface area contributed by atoms with E-state index in [-0.39, 0.29) is 17.1 Å². The molecule has 1 amide bonds. The number of hydrogen-bond acceptors (Lipinski definition) is 8. The van der Waals surface area contributed by atoms with E-state index < -0.39 is 23.5 Å². The van der Waals surface area contributed by atoms with Crippen LogP contribution in [0.2, 0.25) is 0 Å². The van der Waals surface area contributed by atoms with E-state index in [4.69, 9.17) is 23.0 Å². The molecule has 9 heteroatoms. The van der Waals surface area contributed by atoms with Crippen molar-refractivity contribution in [1.29, 1.82) is 0 Å². The summed E-state index contributed by atoms with van der Waals surface area (Å²) in [5.41, 5.74) is 0.585. The Kier molecular flexibility index (Phi) is 5.44. The molecule has 2 aromatic carbocycles. The van der Waals surface area contributed by atoms with Gasteiger partial charge in [-0.1, -0.05) is 12.1 Å². The van der Waals surface area contributed by atoms with Crippen molar-refractivity contribution in [2.45, 2.75) is 6.04 Å². The number of para-hydroxylation sites is 1. The second-order valence-corrected chi connectivity index (χ2v) is 7.71. The zero-order valence-corrected chi connectivity index (χ0v) is 19.1. The van der Waals surface area contributed by atoms with E-state index in [1.54, 1.807) is 54.6 Å². The first-order valence-corrected chi connectivity index (χ1v) is 10.6. The van der Waals surface area contributed by atoms with Crippen LogP contribution in [0.3, 0.4) is 0 Å². The largest absolute Gasteiger partial charge is 0.503 e. The summed E-state index contributed by atoms with van der Waals surface area (Å²) in [6.07, 6.45) is 1.43. The zero-order valence-electron chi connectivity index (χ0n) is 19.1. The van der Waals surface area contributed by atoms with E-state index in [1.165, 1.54) is 32.5 Å². The molecule has 1 aliphatic heterocycles. The molecule has 1 unspecified atom stereocenters. The number of nitrogens with zero attached hydrogens (tertiary/aromatic N) is 1. The predicted octanol–water partition coefficient (Wildman–Crippen LogP) is 4.83. The number of aliphatic hydroxyl groups excluding tert-OH is 1. The smallest absolute Gasteiger partial charge is 0.294 e. The van der Waals surface area contributed by atoms with Gasteiger partial charge in [0.25, 0.3) is 5.91 Å². The summed E-state index contributed by atoms with van der Waals surface area (Å²) in [4.78, 5) is 28.2. The van der Waals surface area contributed by atoms with Gasteiger partial charge in [-0.2, -0.15) is 0 Å². The number of furan rings is 2. The SMILES string of the molecule is COc1ccc(N2C(=O)C(O)=C(C(=O)c3cc4cccc(OC)c4o3)C2c2ccco2)cc1OC. The lowest BCUT2D eigenvalue weighted by molar-refractivity contribution is -0.117. The Morgan fingerprint density at radius 1 is 0.943 bits per heavy atom. The molecule has 0 fully saturated rings. The van der Waals surface area contributed by atoms with Crippen LogP contribution in [-0.2, 0) is 4.79 Å². The molecular formula is C26H21NO8. The molecule has 0 bridgehead atoms. The Morgan fingerprint density at radius 2 is 1.71 bits per heavy atom. The highest BCUT2D eigenvalue weighted by molar-refractivity contribution is 6.20. The number of carbonyl (C=O) groups is 2. The fourth-order valence-corrected chi connectivity index (χ4v) is 4.24. The van der Waals surface area contributed by atoms with Gasteiger partial charge in [-0.15, -0.1) is 0 Å². The van der Waals surface area contributed by atoms with E-state index in [1.807, 2.05) is 0 Å². The summed E-state index contributed by atoms with van der Waals surface area (Å²) in [6.45, 7) is 0. The highest BCUT2D eigenvalue weighted by atomic mass is 16.5. The second-order valence-electron chi connectivity index (χ2n) is 7.71. The highest BCUT2D eigenvalue weighted by Crippen LogP contribution is 2.44. The molecule has 0 aliphatic carbocycles. The lowest BCUT2D eigenvalue weighted by Crippen LogP contribution is -2.30. The molecule has 0 spiro atoms. The molecule has 2 aromatic heterocycles. The minimum Gasteiger partial charge on any atom is -0.503 e. The van der Waals surface area contributed by atoms with Gasteiger partial charge in [0.15, 0.2) is 34.4 Å². The van der Waals surface area contributed by atoms with Crippen molar-refractivity contribution in [1.82, 2.24) is 0 Å². The van der Waals surface area contributed by atoms with Crippen LogP contribution < -0.4 is 19.1 Å². The molecule has 5 rings (SSSR count). The number of hydrogen-bond donors (Lipinski definition) is 1. The number of carbonyl (C=O) groups excluding carboxylic acids is 2. The second kappa shape index (κ2) is 8.60. The summed E-state index contributed by atoms with van der Waals surface area (Å²) in [7, 11) is 4.46. The third-order valence-corrected chi connectivity index (χ3v) is 5.86. The maximum atomic E-state index is 13.7. The first-order chi connectivity index (χ1) is 17.0. The van der Waals surface area contributed by atoms with Crippen LogP contribution >= 0.6 is 0 Å². The lowest BCUT2D eigenvalue weighted by Gasteiger charge is -2.25. The van der Waals surface area contributed by atoms with Gasteiger partial charge in [-0.05, 0) is 36.4 Å². The Bertz CT molecular complexity index is 1460. The normalized spacial score (nSPS) is 15.7. The van der Waals surface area contributed by atoms with Crippen molar-refractivity contribution < 1.29 is 37.7 Å². The number of rotatable bonds is 7. The van der Waals surface area contributed by atoms with E-state index in [9.17, 15) is 14.7 Å². The van der Waals surface area contributed by atoms with Crippen LogP contribution in [0.4, 0.5) is 5.69 Å². The lowest BCUT2D eigenvalue weighted by atomic mass is 9.99. The molecule has 3 heterocycles. The van der Waals surface area contributed by atoms with Gasteiger partial charge in [0, 0.05) is 17.1 Å². The number of ether oxygens (including phenoxy) is 3. The number of Topliss-reactive ketones (excluding diaryl/α,β-unsaturated/α-hetero) is 1. The van der Waals surface area contributed by atoms with Gasteiger partial charge >= 0.3 is 0 Å². The summed E-state index contributed by atoms with van der Waals surface area (Å²) in [6, 6.07) is 13.8. The van der Waals surface area contributed by atoms with Crippen molar-refractivity contribution >= 4 is 28.3 Å². The number of anilines is 1. The van der Waals surface area contributed by atoms with Crippen LogP contribution in [-0.4, -0.2) is 38.1 Å². The molecule has 9 nitrogen and oxygen atoms in total. The first kappa shape index (κ1) is 22.1. The molecule has 1 N–H and O–H groups in total. The standard InChI is InChI=1S/C26H21NO8/c1-31-16-10-9-15(13-19(16)33-3)27-22(17-8-5-11-34-17)21(24(29)26(27)30)23(28)20-12-14-6-4-7-18(32-2)25(14)35-20/h4-13,22,29H,1-3H3. The fourth-order valence-electron chi connectivity index (χ4n) is 4.24. The van der Waals surface area contributed by atoms with Crippen LogP contribution in [0.5, 0.6) is 17.2 Å². The van der Waals surface area contributed by atoms with Gasteiger partial charge < -0.3 is 28.2 Å². The van der Waals surface area contributed by atoms with Crippen LogP contribution in [0.25, 0.3) is 11.0 Å². The third-order valence-electron chi connectivity index (χ3n) is 5.86. The molecule has 0 saturated heterocycles. The minimum atomic E-state index is -1.04. The minimum absolute atomic E-state index is 0.0513. The Labute approximate surface area is 199 Å². The van der Waals surface area contributed by atoms with E-state index >= 15 is 0 Å². The molecule has 178 valence electrons. The summed E-state index contributed by atoms with van der Waals surface area (Å²) >= 11 is 0. The monoisotopic (exact) mass is 475 g/mol. The Morgan fingerprint density at radius 3 is 2.40 bits per heavy atom. The predicted molar refractivity (Wildman–Crippen MR) is 125 cm³/mol. The van der Waals surface area contributed by atoms with Gasteiger partial charge in [0.1, 0.15) is 11.8 Å². The maximum Gasteiger partial charge on any atom is 0.294 e. The third kappa shape index (κ3) is 3.48. The number of aliphatic hydroxyl groups is 1. The summed E-state index contributed by atoms with van der Waals surface area (Å²) < 4.78 is 27.3. The van der Waals surface area contributed by atoms with Gasteiger partial charge in [0.05, 0.1) is 33.2 Å². The molecular weight excluding hydrogens is 454 g/mol. The van der Waals surface area contributed by atoms with Crippen molar-refractivity contribution in [3.63, 3.8) is 0 Å². The quantitative estimate of drug-likeness (QED) is 0.378. The fraction of sp³-hybridized carbons (Fsp3) is 0.154. The molecule has 1 atom stereocenters. The summed E-state index contributed by atoms with van der Waals surface area (Å²) in [5.74, 6) is -0.592. The number of amides is 1. The number of benzene rings is 2. The van der Waals surface area contributed by atoms with Gasteiger partial charge in [0.2, 0.25) is 5.78 Å². The van der Waals surface area contributed by atoms with Crippen molar-refractivity contribution in [3.05, 3.63) is 83.7 Å². The van der Waals surface area contributed by atoms with Crippen LogP contribution in [0, 0.1) is 0 Å². The van der Waals surface area contributed by atoms with Gasteiger partial charge in [-0.25, -0.2) is 0 Å². The average molecular weight is 475 g/mol. The molecule has 0 saturated carbocycles. The highest BCUT2D eigenvalue weighted by Gasteiger charge is 2.47. The maximum absolute atomic E-state index is 13.7. The van der Waals surface area contributed by atoms with Gasteiger partial charge in [-0.3, -0.25) is 14.5 Å². The van der Waals surface area contributed by atoms with Crippen molar-refractivity contribution in [3.8, 4) is 17.2 Å². The number of ketones is 1. The van der Waals surface area contributed by atoms with Crippen molar-refractivity contribution in [2.24, 2.45) is 0 Å². The number of methoxy groups -OCH3 is 3. The van der Waals surface area contributed by atoms with Crippen LogP contribution in [0.1, 0.15) is 22.4 Å². The van der Waals surface area contributed by atoms with E-state index in [0.29, 0.717) is 33.9 Å². The van der Waals surface area contributed by atoms with E-state index in [2.05, 4.69) is 0 Å². The zero-order chi connectivity index (χ0) is 24.7. The molecule has 1 aliphatic rings. The Balaban J connectivity index is 1.63. The Hall–Kier alpha value is -4.66. The number of fused-ring (bicyclic) bond motifs is 1.